The Morgan fingerprint density at radius 1 is 1.08 bits per heavy atom. The molecule has 0 aliphatic heterocycles. The van der Waals surface area contributed by atoms with Gasteiger partial charge in [-0.25, -0.2) is 0 Å². The van der Waals surface area contributed by atoms with Crippen molar-refractivity contribution in [3.8, 4) is 11.3 Å². The topological polar surface area (TPSA) is 67.5 Å². The first kappa shape index (κ1) is 18.2. The van der Waals surface area contributed by atoms with Gasteiger partial charge in [0.2, 0.25) is 0 Å². The number of hydrogen-bond donors (Lipinski definition) is 1. The molecule has 0 saturated heterocycles. The smallest absolute Gasteiger partial charge is 0.196 e. The standard InChI is InChI=1S/C22H24O4/c1-5-14-19(24)18-16(23)12-17(15-11-9-8-10-13(15)4)26-21(18)22(6-2,7-3)20(14)25/h8-12,24H,5-7H2,1-4H3. The zero-order chi connectivity index (χ0) is 19.1. The van der Waals surface area contributed by atoms with Crippen molar-refractivity contribution in [3.63, 3.8) is 0 Å². The van der Waals surface area contributed by atoms with E-state index in [9.17, 15) is 14.7 Å². The third-order valence-electron chi connectivity index (χ3n) is 5.58. The molecule has 1 N–H and O–H groups in total. The molecular formula is C22H24O4. The lowest BCUT2D eigenvalue weighted by molar-refractivity contribution is -0.122. The van der Waals surface area contributed by atoms with Crippen molar-refractivity contribution in [3.05, 3.63) is 63.0 Å². The number of Topliss-reactive ketones (excluding diaryl/α,β-unsaturated/α-hetero) is 1. The van der Waals surface area contributed by atoms with Gasteiger partial charge in [-0.2, -0.15) is 0 Å². The summed E-state index contributed by atoms with van der Waals surface area (Å²) in [6.07, 6.45) is 1.39. The molecule has 0 unspecified atom stereocenters. The largest absolute Gasteiger partial charge is 0.507 e. The van der Waals surface area contributed by atoms with Gasteiger partial charge < -0.3 is 9.52 Å². The number of rotatable bonds is 4. The molecule has 1 heterocycles. The molecule has 0 spiro atoms. The number of ketones is 1. The second-order valence-corrected chi connectivity index (χ2v) is 6.79. The molecule has 3 rings (SSSR count). The van der Waals surface area contributed by atoms with E-state index in [1.807, 2.05) is 52.0 Å². The summed E-state index contributed by atoms with van der Waals surface area (Å²) in [7, 11) is 0. The van der Waals surface area contributed by atoms with Crippen molar-refractivity contribution in [1.29, 1.82) is 0 Å². The SMILES string of the molecule is CCC1=C(O)c2c(oc(-c3ccccc3C)cc2=O)C(CC)(CC)C1=O. The highest BCUT2D eigenvalue weighted by atomic mass is 16.3. The van der Waals surface area contributed by atoms with Gasteiger partial charge in [0, 0.05) is 17.2 Å². The van der Waals surface area contributed by atoms with E-state index in [1.54, 1.807) is 0 Å². The van der Waals surface area contributed by atoms with Crippen LogP contribution in [-0.4, -0.2) is 10.9 Å². The lowest BCUT2D eigenvalue weighted by Crippen LogP contribution is -2.41. The van der Waals surface area contributed by atoms with Gasteiger partial charge in [0.05, 0.1) is 5.41 Å². The zero-order valence-corrected chi connectivity index (χ0v) is 15.7. The number of hydrogen-bond acceptors (Lipinski definition) is 4. The third-order valence-corrected chi connectivity index (χ3v) is 5.58. The number of aliphatic hydroxyl groups is 1. The van der Waals surface area contributed by atoms with Crippen molar-refractivity contribution in [1.82, 2.24) is 0 Å². The monoisotopic (exact) mass is 352 g/mol. The van der Waals surface area contributed by atoms with Gasteiger partial charge in [0.15, 0.2) is 11.2 Å². The maximum atomic E-state index is 13.2. The average molecular weight is 352 g/mol. The molecule has 1 aromatic heterocycles. The number of fused-ring (bicyclic) bond motifs is 1. The van der Waals surface area contributed by atoms with Crippen LogP contribution in [0, 0.1) is 6.92 Å². The summed E-state index contributed by atoms with van der Waals surface area (Å²) in [5.74, 6) is 0.363. The van der Waals surface area contributed by atoms with Crippen LogP contribution in [0.15, 0.2) is 45.1 Å². The van der Waals surface area contributed by atoms with Crippen LogP contribution in [0.4, 0.5) is 0 Å². The number of carbonyl (C=O) groups is 1. The Morgan fingerprint density at radius 2 is 1.73 bits per heavy atom. The van der Waals surface area contributed by atoms with Gasteiger partial charge in [-0.3, -0.25) is 9.59 Å². The Hall–Kier alpha value is -2.62. The number of benzene rings is 1. The van der Waals surface area contributed by atoms with E-state index < -0.39 is 5.41 Å². The molecule has 4 heteroatoms. The summed E-state index contributed by atoms with van der Waals surface area (Å²) in [4.78, 5) is 26.1. The second kappa shape index (κ2) is 6.60. The lowest BCUT2D eigenvalue weighted by Gasteiger charge is -2.35. The summed E-state index contributed by atoms with van der Waals surface area (Å²) in [5, 5.41) is 10.6. The maximum absolute atomic E-state index is 13.2. The van der Waals surface area contributed by atoms with Crippen LogP contribution in [0.3, 0.4) is 0 Å². The molecule has 0 radical (unpaired) electrons. The number of carbonyl (C=O) groups excluding carboxylic acids is 1. The Morgan fingerprint density at radius 3 is 2.31 bits per heavy atom. The number of aryl methyl sites for hydroxylation is 1. The van der Waals surface area contributed by atoms with E-state index in [0.29, 0.717) is 36.4 Å². The fourth-order valence-electron chi connectivity index (χ4n) is 3.91. The van der Waals surface area contributed by atoms with Gasteiger partial charge in [0.25, 0.3) is 0 Å². The molecule has 2 aromatic rings. The normalized spacial score (nSPS) is 15.9. The van der Waals surface area contributed by atoms with E-state index in [2.05, 4.69) is 0 Å². The van der Waals surface area contributed by atoms with Crippen LogP contribution in [0.2, 0.25) is 0 Å². The molecule has 0 fully saturated rings. The molecule has 0 bridgehead atoms. The molecule has 1 aliphatic carbocycles. The summed E-state index contributed by atoms with van der Waals surface area (Å²) < 4.78 is 6.16. The second-order valence-electron chi connectivity index (χ2n) is 6.79. The fraction of sp³-hybridized carbons (Fsp3) is 0.364. The molecule has 26 heavy (non-hydrogen) atoms. The van der Waals surface area contributed by atoms with Crippen LogP contribution in [0.25, 0.3) is 17.1 Å². The highest BCUT2D eigenvalue weighted by Crippen LogP contribution is 2.44. The van der Waals surface area contributed by atoms with E-state index in [0.717, 1.165) is 11.1 Å². The minimum Gasteiger partial charge on any atom is -0.507 e. The first-order chi connectivity index (χ1) is 12.4. The molecule has 1 aliphatic rings. The first-order valence-electron chi connectivity index (χ1n) is 9.13. The summed E-state index contributed by atoms with van der Waals surface area (Å²) >= 11 is 0. The lowest BCUT2D eigenvalue weighted by atomic mass is 9.68. The Labute approximate surface area is 153 Å². The van der Waals surface area contributed by atoms with Gasteiger partial charge in [-0.1, -0.05) is 45.0 Å². The van der Waals surface area contributed by atoms with Crippen molar-refractivity contribution >= 4 is 11.5 Å². The van der Waals surface area contributed by atoms with Crippen molar-refractivity contribution in [2.45, 2.75) is 52.4 Å². The minimum absolute atomic E-state index is 0.139. The Bertz CT molecular complexity index is 958. The number of aliphatic hydroxyl groups excluding tert-OH is 1. The van der Waals surface area contributed by atoms with E-state index in [-0.39, 0.29) is 22.5 Å². The van der Waals surface area contributed by atoms with E-state index >= 15 is 0 Å². The summed E-state index contributed by atoms with van der Waals surface area (Å²) in [5.41, 5.74) is 1.02. The fourth-order valence-corrected chi connectivity index (χ4v) is 3.91. The minimum atomic E-state index is -0.912. The third kappa shape index (κ3) is 2.44. The predicted octanol–water partition coefficient (Wildman–Crippen LogP) is 4.93. The Balaban J connectivity index is 2.40. The first-order valence-corrected chi connectivity index (χ1v) is 9.13. The van der Waals surface area contributed by atoms with Gasteiger partial charge in [0.1, 0.15) is 22.8 Å². The quantitative estimate of drug-likeness (QED) is 0.847. The van der Waals surface area contributed by atoms with Crippen molar-refractivity contribution in [2.75, 3.05) is 0 Å². The van der Waals surface area contributed by atoms with E-state index in [4.69, 9.17) is 4.42 Å². The predicted molar refractivity (Wildman–Crippen MR) is 102 cm³/mol. The molecule has 0 amide bonds. The van der Waals surface area contributed by atoms with Crippen LogP contribution in [0.1, 0.15) is 56.9 Å². The van der Waals surface area contributed by atoms with Crippen LogP contribution < -0.4 is 5.43 Å². The maximum Gasteiger partial charge on any atom is 0.196 e. The summed E-state index contributed by atoms with van der Waals surface area (Å²) in [6, 6.07) is 9.04. The Kier molecular flexibility index (Phi) is 4.61. The van der Waals surface area contributed by atoms with Crippen LogP contribution in [0.5, 0.6) is 0 Å². The highest BCUT2D eigenvalue weighted by molar-refractivity contribution is 6.10. The average Bonchev–Trinajstić information content (AvgIpc) is 2.63. The molecule has 4 nitrogen and oxygen atoms in total. The van der Waals surface area contributed by atoms with Gasteiger partial charge in [-0.05, 0) is 31.7 Å². The molecule has 136 valence electrons. The molecule has 0 saturated carbocycles. The zero-order valence-electron chi connectivity index (χ0n) is 15.7. The van der Waals surface area contributed by atoms with Gasteiger partial charge in [-0.15, -0.1) is 0 Å². The van der Waals surface area contributed by atoms with Crippen molar-refractivity contribution in [2.24, 2.45) is 0 Å². The summed E-state index contributed by atoms with van der Waals surface area (Å²) in [6.45, 7) is 7.59. The van der Waals surface area contributed by atoms with Crippen LogP contribution >= 0.6 is 0 Å². The number of allylic oxidation sites excluding steroid dienone is 1. The van der Waals surface area contributed by atoms with E-state index in [1.165, 1.54) is 6.07 Å². The molecular weight excluding hydrogens is 328 g/mol. The van der Waals surface area contributed by atoms with Crippen LogP contribution in [-0.2, 0) is 10.2 Å². The molecule has 0 atom stereocenters. The van der Waals surface area contributed by atoms with Gasteiger partial charge >= 0.3 is 0 Å². The molecule has 1 aromatic carbocycles. The van der Waals surface area contributed by atoms with Crippen molar-refractivity contribution < 1.29 is 14.3 Å². The highest BCUT2D eigenvalue weighted by Gasteiger charge is 2.48.